The van der Waals surface area contributed by atoms with Crippen LogP contribution in [0.4, 0.5) is 0 Å². The molecule has 0 aromatic heterocycles. The van der Waals surface area contributed by atoms with Gasteiger partial charge in [-0.25, -0.2) is 0 Å². The van der Waals surface area contributed by atoms with Crippen LogP contribution >= 0.6 is 0 Å². The maximum Gasteiger partial charge on any atom is 0.203 e. The van der Waals surface area contributed by atoms with Crippen molar-refractivity contribution < 1.29 is 4.12 Å². The molecule has 0 amide bonds. The summed E-state index contributed by atoms with van der Waals surface area (Å²) in [5.74, 6) is 0. The first kappa shape index (κ1) is 23.5. The Hall–Kier alpha value is 0.191. The topological polar surface area (TPSA) is 22.2 Å². The summed E-state index contributed by atoms with van der Waals surface area (Å²) in [6.45, 7) is 25.9. The van der Waals surface area contributed by atoms with E-state index in [9.17, 15) is 0 Å². The Morgan fingerprint density at radius 3 is 1.52 bits per heavy atom. The fourth-order valence-electron chi connectivity index (χ4n) is 4.44. The largest absolute Gasteiger partial charge is 0.453 e. The van der Waals surface area contributed by atoms with Crippen molar-refractivity contribution in [3.05, 3.63) is 12.3 Å². The van der Waals surface area contributed by atoms with Gasteiger partial charge in [0, 0.05) is 52.4 Å². The Balaban J connectivity index is 2.11. The average Bonchev–Trinajstić information content (AvgIpc) is 2.60. The molecule has 2 rings (SSSR count). The maximum atomic E-state index is 6.71. The van der Waals surface area contributed by atoms with Gasteiger partial charge in [-0.3, -0.25) is 0 Å². The van der Waals surface area contributed by atoms with Crippen LogP contribution in [0.25, 0.3) is 0 Å². The number of hydrogen-bond acceptors (Lipinski definition) is 5. The zero-order valence-corrected chi connectivity index (χ0v) is 22.1. The molecule has 0 aromatic carbocycles. The Labute approximate surface area is 171 Å². The van der Waals surface area contributed by atoms with Crippen LogP contribution in [0.15, 0.2) is 12.3 Å². The highest BCUT2D eigenvalue weighted by Crippen LogP contribution is 2.30. The first-order valence-corrected chi connectivity index (χ1v) is 19.4. The van der Waals surface area contributed by atoms with E-state index >= 15 is 0 Å². The van der Waals surface area contributed by atoms with E-state index in [4.69, 9.17) is 4.12 Å². The number of likely N-dealkylation sites (N-methyl/N-ethyl adjacent to an activating group) is 2. The molecule has 0 aromatic rings. The third-order valence-corrected chi connectivity index (χ3v) is 18.7. The highest BCUT2D eigenvalue weighted by atomic mass is 28.4. The summed E-state index contributed by atoms with van der Waals surface area (Å²) in [5, 5.41) is 0. The predicted octanol–water partition coefficient (Wildman–Crippen LogP) is 2.71. The second-order valence-corrected chi connectivity index (χ2v) is 22.6. The quantitative estimate of drug-likeness (QED) is 0.553. The van der Waals surface area contributed by atoms with Crippen molar-refractivity contribution in [2.75, 3.05) is 66.5 Å². The molecule has 0 unspecified atom stereocenters. The standard InChI is InChI=1S/C19H44N4OSi3/c1-9-25(4,5)24-26(6,7)18-19-27(8,22-14-10-20(2)11-15-22)23-16-12-21(3)13-17-23/h9H,1,10-19H2,2-8H3. The third kappa shape index (κ3) is 6.60. The minimum absolute atomic E-state index is 1.21. The van der Waals surface area contributed by atoms with Gasteiger partial charge in [-0.05, 0) is 58.9 Å². The van der Waals surface area contributed by atoms with Crippen molar-refractivity contribution >= 4 is 25.0 Å². The van der Waals surface area contributed by atoms with Gasteiger partial charge >= 0.3 is 0 Å². The lowest BCUT2D eigenvalue weighted by Gasteiger charge is -2.52. The SMILES string of the molecule is C=C[Si](C)(C)O[Si](C)(C)CC[Si](C)(N1CCN(C)CC1)N1CCN(C)CC1. The van der Waals surface area contributed by atoms with Crippen LogP contribution in [-0.4, -0.2) is 110 Å². The molecule has 5 nitrogen and oxygen atoms in total. The summed E-state index contributed by atoms with van der Waals surface area (Å²) in [6, 6.07) is 2.62. The lowest BCUT2D eigenvalue weighted by Crippen LogP contribution is -2.70. The Bertz CT molecular complexity index is 465. The lowest BCUT2D eigenvalue weighted by molar-refractivity contribution is 0.171. The number of nitrogens with zero attached hydrogens (tertiary/aromatic N) is 4. The van der Waals surface area contributed by atoms with Crippen LogP contribution in [0.3, 0.4) is 0 Å². The van der Waals surface area contributed by atoms with E-state index in [1.165, 1.54) is 64.4 Å². The second kappa shape index (κ2) is 9.34. The Kier molecular flexibility index (Phi) is 8.12. The van der Waals surface area contributed by atoms with Gasteiger partial charge in [-0.2, -0.15) is 0 Å². The highest BCUT2D eigenvalue weighted by Gasteiger charge is 2.44. The average molecular weight is 429 g/mol. The van der Waals surface area contributed by atoms with Gasteiger partial charge < -0.3 is 23.0 Å². The summed E-state index contributed by atoms with van der Waals surface area (Å²) in [5.41, 5.74) is 2.10. The second-order valence-electron chi connectivity index (χ2n) is 9.97. The maximum absolute atomic E-state index is 6.71. The summed E-state index contributed by atoms with van der Waals surface area (Å²) < 4.78 is 12.5. The summed E-state index contributed by atoms with van der Waals surface area (Å²) in [7, 11) is -0.499. The minimum atomic E-state index is -1.71. The molecule has 0 aliphatic carbocycles. The molecule has 2 aliphatic rings. The van der Waals surface area contributed by atoms with Gasteiger partial charge in [0.05, 0.1) is 0 Å². The fraction of sp³-hybridized carbons (Fsp3) is 0.895. The molecule has 8 heteroatoms. The first-order chi connectivity index (χ1) is 12.5. The molecule has 0 N–H and O–H groups in total. The molecule has 0 bridgehead atoms. The van der Waals surface area contributed by atoms with E-state index in [1.807, 2.05) is 0 Å². The van der Waals surface area contributed by atoms with Gasteiger partial charge in [0.15, 0.2) is 16.6 Å². The number of rotatable bonds is 8. The molecule has 158 valence electrons. The Morgan fingerprint density at radius 2 is 1.15 bits per heavy atom. The van der Waals surface area contributed by atoms with Crippen molar-refractivity contribution in [2.24, 2.45) is 0 Å². The minimum Gasteiger partial charge on any atom is -0.453 e. The summed E-state index contributed by atoms with van der Waals surface area (Å²) in [4.78, 5) is 4.96. The summed E-state index contributed by atoms with van der Waals surface area (Å²) in [6.07, 6.45) is 0. The molecule has 2 aliphatic heterocycles. The predicted molar refractivity (Wildman–Crippen MR) is 126 cm³/mol. The van der Waals surface area contributed by atoms with Gasteiger partial charge in [-0.15, -0.1) is 6.58 Å². The van der Waals surface area contributed by atoms with Crippen molar-refractivity contribution in [1.29, 1.82) is 0 Å². The van der Waals surface area contributed by atoms with Gasteiger partial charge in [0.1, 0.15) is 0 Å². The molecule has 27 heavy (non-hydrogen) atoms. The molecular formula is C19H44N4OSi3. The fourth-order valence-corrected chi connectivity index (χ4v) is 18.5. The molecule has 0 spiro atoms. The van der Waals surface area contributed by atoms with E-state index in [0.29, 0.717) is 0 Å². The normalized spacial score (nSPS) is 22.9. The molecule has 0 atom stereocenters. The van der Waals surface area contributed by atoms with E-state index in [2.05, 4.69) is 78.0 Å². The molecule has 2 saturated heterocycles. The monoisotopic (exact) mass is 428 g/mol. The Morgan fingerprint density at radius 1 is 0.741 bits per heavy atom. The molecular weight excluding hydrogens is 384 g/mol. The first-order valence-electron chi connectivity index (χ1n) is 10.7. The molecule has 0 saturated carbocycles. The van der Waals surface area contributed by atoms with Crippen LogP contribution in [0.2, 0.25) is 44.8 Å². The van der Waals surface area contributed by atoms with E-state index in [1.54, 1.807) is 0 Å². The van der Waals surface area contributed by atoms with E-state index < -0.39 is 25.0 Å². The van der Waals surface area contributed by atoms with Crippen LogP contribution in [0.1, 0.15) is 0 Å². The molecule has 0 radical (unpaired) electrons. The van der Waals surface area contributed by atoms with Gasteiger partial charge in [-0.1, -0.05) is 5.70 Å². The van der Waals surface area contributed by atoms with Gasteiger partial charge in [0.25, 0.3) is 0 Å². The van der Waals surface area contributed by atoms with Crippen LogP contribution in [0, 0.1) is 0 Å². The smallest absolute Gasteiger partial charge is 0.203 e. The zero-order valence-electron chi connectivity index (χ0n) is 19.1. The van der Waals surface area contributed by atoms with Crippen LogP contribution < -0.4 is 0 Å². The highest BCUT2D eigenvalue weighted by molar-refractivity contribution is 6.88. The lowest BCUT2D eigenvalue weighted by atomic mass is 10.4. The molecule has 2 fully saturated rings. The number of hydrogen-bond donors (Lipinski definition) is 0. The van der Waals surface area contributed by atoms with Crippen molar-refractivity contribution in [2.45, 2.75) is 44.8 Å². The van der Waals surface area contributed by atoms with Crippen molar-refractivity contribution in [3.8, 4) is 0 Å². The van der Waals surface area contributed by atoms with Gasteiger partial charge in [0.2, 0.25) is 8.40 Å². The summed E-state index contributed by atoms with van der Waals surface area (Å²) >= 11 is 0. The number of piperazine rings is 2. The van der Waals surface area contributed by atoms with Crippen molar-refractivity contribution in [1.82, 2.24) is 18.9 Å². The van der Waals surface area contributed by atoms with Crippen LogP contribution in [-0.2, 0) is 4.12 Å². The van der Waals surface area contributed by atoms with E-state index in [0.717, 1.165) is 0 Å². The zero-order chi connectivity index (χ0) is 20.3. The van der Waals surface area contributed by atoms with E-state index in [-0.39, 0.29) is 0 Å². The van der Waals surface area contributed by atoms with Crippen molar-refractivity contribution in [3.63, 3.8) is 0 Å². The molecule has 2 heterocycles. The van der Waals surface area contributed by atoms with Crippen LogP contribution in [0.5, 0.6) is 0 Å². The third-order valence-electron chi connectivity index (χ3n) is 6.60.